The molecule has 0 saturated heterocycles. The van der Waals surface area contributed by atoms with Crippen LogP contribution in [-0.2, 0) is 0 Å². The fourth-order valence-corrected chi connectivity index (χ4v) is 3.18. The van der Waals surface area contributed by atoms with Crippen LogP contribution in [-0.4, -0.2) is 16.7 Å². The summed E-state index contributed by atoms with van der Waals surface area (Å²) < 4.78 is 5.84. The van der Waals surface area contributed by atoms with Crippen LogP contribution in [0.4, 0.5) is 0 Å². The fraction of sp³-hybridized carbons (Fsp3) is 0.0870. The van der Waals surface area contributed by atoms with E-state index in [1.807, 2.05) is 48.7 Å². The van der Waals surface area contributed by atoms with Gasteiger partial charge in [-0.15, -0.1) is 11.3 Å². The lowest BCUT2D eigenvalue weighted by atomic mass is 10.1. The van der Waals surface area contributed by atoms with Gasteiger partial charge >= 0.3 is 0 Å². The van der Waals surface area contributed by atoms with E-state index in [4.69, 9.17) is 4.42 Å². The topological polar surface area (TPSA) is 72.2 Å². The highest BCUT2D eigenvalue weighted by Gasteiger charge is 2.19. The van der Waals surface area contributed by atoms with Gasteiger partial charge in [0.25, 0.3) is 5.91 Å². The van der Waals surface area contributed by atoms with Crippen LogP contribution in [0.25, 0.3) is 17.0 Å². The van der Waals surface area contributed by atoms with Crippen molar-refractivity contribution in [2.75, 3.05) is 0 Å². The number of allylic oxidation sites excluding steroid dienone is 4. The van der Waals surface area contributed by atoms with Crippen molar-refractivity contribution >= 4 is 28.6 Å². The van der Waals surface area contributed by atoms with Gasteiger partial charge in [0.05, 0.1) is 4.88 Å². The molecule has 29 heavy (non-hydrogen) atoms. The summed E-state index contributed by atoms with van der Waals surface area (Å²) in [7, 11) is 0. The van der Waals surface area contributed by atoms with Gasteiger partial charge in [-0.25, -0.2) is 4.98 Å². The average Bonchev–Trinajstić information content (AvgIpc) is 3.41. The molecule has 1 N–H and O–H groups in total. The summed E-state index contributed by atoms with van der Waals surface area (Å²) in [5.74, 6) is 0.279. The van der Waals surface area contributed by atoms with Crippen molar-refractivity contribution in [2.24, 2.45) is 0 Å². The number of Topliss-reactive ketones (excluding diaryl/α,β-unsaturated/α-hetero) is 1. The molecule has 0 unspecified atom stereocenters. The maximum absolute atomic E-state index is 12.2. The molecule has 1 amide bonds. The SMILES string of the molecule is C=C(/C=C\C(=CC)NC(=O)c1cccs1)c1oc(-c2ccccc2)nc1C(C)=O. The molecule has 6 heteroatoms. The van der Waals surface area contributed by atoms with Crippen molar-refractivity contribution in [3.63, 3.8) is 0 Å². The molecule has 1 aromatic carbocycles. The highest BCUT2D eigenvalue weighted by Crippen LogP contribution is 2.27. The number of amides is 1. The molecule has 0 atom stereocenters. The van der Waals surface area contributed by atoms with E-state index < -0.39 is 0 Å². The maximum Gasteiger partial charge on any atom is 0.265 e. The first-order valence-corrected chi connectivity index (χ1v) is 9.83. The Labute approximate surface area is 173 Å². The molecule has 146 valence electrons. The minimum Gasteiger partial charge on any atom is -0.435 e. The molecule has 0 aliphatic carbocycles. The van der Waals surface area contributed by atoms with Gasteiger partial charge in [-0.2, -0.15) is 0 Å². The van der Waals surface area contributed by atoms with E-state index in [0.29, 0.717) is 27.8 Å². The van der Waals surface area contributed by atoms with Gasteiger partial charge in [0.1, 0.15) is 0 Å². The molecule has 0 fully saturated rings. The highest BCUT2D eigenvalue weighted by atomic mass is 32.1. The Kier molecular flexibility index (Phi) is 6.36. The number of hydrogen-bond donors (Lipinski definition) is 1. The van der Waals surface area contributed by atoms with E-state index >= 15 is 0 Å². The number of benzene rings is 1. The number of nitrogens with one attached hydrogen (secondary N) is 1. The lowest BCUT2D eigenvalue weighted by molar-refractivity contribution is 0.0969. The molecular formula is C23H20N2O3S. The summed E-state index contributed by atoms with van der Waals surface area (Å²) in [4.78, 5) is 29.2. The molecule has 0 aliphatic heterocycles. The number of oxazole rings is 1. The lowest BCUT2D eigenvalue weighted by Gasteiger charge is -2.04. The normalized spacial score (nSPS) is 11.6. The Hall–Kier alpha value is -3.51. The molecule has 0 saturated carbocycles. The van der Waals surface area contributed by atoms with Gasteiger partial charge in [0, 0.05) is 23.8 Å². The first kappa shape index (κ1) is 20.2. The number of rotatable bonds is 7. The van der Waals surface area contributed by atoms with Crippen molar-refractivity contribution in [2.45, 2.75) is 13.8 Å². The summed E-state index contributed by atoms with van der Waals surface area (Å²) in [6.07, 6.45) is 5.17. The van der Waals surface area contributed by atoms with Crippen LogP contribution in [0.1, 0.15) is 39.8 Å². The predicted octanol–water partition coefficient (Wildman–Crippen LogP) is 5.51. The molecule has 5 nitrogen and oxygen atoms in total. The Morgan fingerprint density at radius 3 is 2.52 bits per heavy atom. The van der Waals surface area contributed by atoms with Gasteiger partial charge in [0.2, 0.25) is 5.89 Å². The largest absolute Gasteiger partial charge is 0.435 e. The fourth-order valence-electron chi connectivity index (χ4n) is 2.56. The van der Waals surface area contributed by atoms with E-state index in [9.17, 15) is 9.59 Å². The minimum atomic E-state index is -0.210. The second-order valence-electron chi connectivity index (χ2n) is 6.15. The molecular weight excluding hydrogens is 384 g/mol. The van der Waals surface area contributed by atoms with Gasteiger partial charge in [-0.05, 0) is 42.7 Å². The standard InChI is InChI=1S/C23H20N2O3S/c1-4-18(24-22(27)19-11-8-14-29-19)13-12-15(2)21-20(16(3)26)25-23(28-21)17-9-6-5-7-10-17/h4-14H,2H2,1,3H3,(H,24,27)/b13-12-,18-4?. The van der Waals surface area contributed by atoms with Crippen LogP contribution >= 0.6 is 11.3 Å². The van der Waals surface area contributed by atoms with Gasteiger partial charge in [-0.1, -0.05) is 36.9 Å². The van der Waals surface area contributed by atoms with Crippen LogP contribution in [0.3, 0.4) is 0 Å². The predicted molar refractivity (Wildman–Crippen MR) is 116 cm³/mol. The first-order valence-electron chi connectivity index (χ1n) is 8.95. The Morgan fingerprint density at radius 2 is 1.90 bits per heavy atom. The Balaban J connectivity index is 1.81. The number of hydrogen-bond acceptors (Lipinski definition) is 5. The Morgan fingerprint density at radius 1 is 1.14 bits per heavy atom. The summed E-state index contributed by atoms with van der Waals surface area (Å²) in [6, 6.07) is 12.9. The zero-order valence-corrected chi connectivity index (χ0v) is 17.0. The van der Waals surface area contributed by atoms with Crippen molar-refractivity contribution < 1.29 is 14.0 Å². The summed E-state index contributed by atoms with van der Waals surface area (Å²) in [6.45, 7) is 7.26. The molecule has 0 spiro atoms. The summed E-state index contributed by atoms with van der Waals surface area (Å²) in [5, 5.41) is 4.68. The maximum atomic E-state index is 12.2. The highest BCUT2D eigenvalue weighted by molar-refractivity contribution is 7.12. The summed E-state index contributed by atoms with van der Waals surface area (Å²) in [5.41, 5.74) is 2.09. The average molecular weight is 404 g/mol. The van der Waals surface area contributed by atoms with Gasteiger partial charge < -0.3 is 9.73 Å². The molecule has 2 aromatic heterocycles. The monoisotopic (exact) mass is 404 g/mol. The van der Waals surface area contributed by atoms with Crippen LogP contribution in [0.5, 0.6) is 0 Å². The number of thiophene rings is 1. The number of nitrogens with zero attached hydrogens (tertiary/aromatic N) is 1. The number of carbonyl (C=O) groups excluding carboxylic acids is 2. The molecule has 2 heterocycles. The zero-order chi connectivity index (χ0) is 20.8. The third-order valence-electron chi connectivity index (χ3n) is 4.05. The van der Waals surface area contributed by atoms with E-state index in [2.05, 4.69) is 16.9 Å². The van der Waals surface area contributed by atoms with Gasteiger partial charge in [-0.3, -0.25) is 9.59 Å². The third-order valence-corrected chi connectivity index (χ3v) is 4.92. The van der Waals surface area contributed by atoms with E-state index in [0.717, 1.165) is 5.56 Å². The van der Waals surface area contributed by atoms with Crippen molar-refractivity contribution in [3.05, 3.63) is 94.7 Å². The van der Waals surface area contributed by atoms with E-state index in [1.165, 1.54) is 18.3 Å². The van der Waals surface area contributed by atoms with E-state index in [1.54, 1.807) is 24.3 Å². The first-order chi connectivity index (χ1) is 14.0. The molecule has 0 radical (unpaired) electrons. The second kappa shape index (κ2) is 9.12. The molecule has 0 aliphatic rings. The number of carbonyl (C=O) groups is 2. The van der Waals surface area contributed by atoms with Gasteiger partial charge in [0.15, 0.2) is 17.2 Å². The van der Waals surface area contributed by atoms with Crippen molar-refractivity contribution in [1.29, 1.82) is 0 Å². The van der Waals surface area contributed by atoms with Crippen LogP contribution < -0.4 is 5.32 Å². The third kappa shape index (κ3) is 4.86. The van der Waals surface area contributed by atoms with E-state index in [-0.39, 0.29) is 17.4 Å². The van der Waals surface area contributed by atoms with Crippen LogP contribution in [0, 0.1) is 0 Å². The smallest absolute Gasteiger partial charge is 0.265 e. The van der Waals surface area contributed by atoms with Crippen LogP contribution in [0.2, 0.25) is 0 Å². The summed E-state index contributed by atoms with van der Waals surface area (Å²) >= 11 is 1.37. The zero-order valence-electron chi connectivity index (χ0n) is 16.1. The Bertz CT molecular complexity index is 1090. The number of aromatic nitrogens is 1. The molecule has 0 bridgehead atoms. The molecule has 3 rings (SSSR count). The van der Waals surface area contributed by atoms with Crippen molar-refractivity contribution in [3.8, 4) is 11.5 Å². The quantitative estimate of drug-likeness (QED) is 0.416. The van der Waals surface area contributed by atoms with Crippen molar-refractivity contribution in [1.82, 2.24) is 10.3 Å². The minimum absolute atomic E-state index is 0.182. The second-order valence-corrected chi connectivity index (χ2v) is 7.10. The molecule has 3 aromatic rings. The van der Waals surface area contributed by atoms with Crippen LogP contribution in [0.15, 0.2) is 82.8 Å². The lowest BCUT2D eigenvalue weighted by Crippen LogP contribution is -2.20. The number of ketones is 1.